The van der Waals surface area contributed by atoms with Gasteiger partial charge in [-0.15, -0.1) is 5.10 Å². The second kappa shape index (κ2) is 7.46. The highest BCUT2D eigenvalue weighted by molar-refractivity contribution is 6.08. The first-order chi connectivity index (χ1) is 12.5. The van der Waals surface area contributed by atoms with Crippen molar-refractivity contribution in [2.45, 2.75) is 6.92 Å². The van der Waals surface area contributed by atoms with Crippen molar-refractivity contribution in [1.82, 2.24) is 20.2 Å². The van der Waals surface area contributed by atoms with Gasteiger partial charge >= 0.3 is 0 Å². The topological polar surface area (TPSA) is 101 Å². The quantitative estimate of drug-likeness (QED) is 0.458. The van der Waals surface area contributed by atoms with Crippen molar-refractivity contribution in [3.05, 3.63) is 47.5 Å². The van der Waals surface area contributed by atoms with Crippen LogP contribution in [0.4, 0.5) is 15.8 Å². The molecule has 8 nitrogen and oxygen atoms in total. The maximum absolute atomic E-state index is 14.3. The summed E-state index contributed by atoms with van der Waals surface area (Å²) in [6, 6.07) is 6.43. The van der Waals surface area contributed by atoms with E-state index in [-0.39, 0.29) is 24.6 Å². The second-order valence-corrected chi connectivity index (χ2v) is 5.66. The first kappa shape index (κ1) is 17.8. The Balaban J connectivity index is 2.07. The predicted octanol–water partition coefficient (Wildman–Crippen LogP) is 1.81. The summed E-state index contributed by atoms with van der Waals surface area (Å²) >= 11 is 0. The molecule has 1 amide bonds. The van der Waals surface area contributed by atoms with Crippen LogP contribution >= 0.6 is 0 Å². The van der Waals surface area contributed by atoms with Gasteiger partial charge < -0.3 is 15.0 Å². The molecule has 0 unspecified atom stereocenters. The number of aromatic nitrogens is 3. The lowest BCUT2D eigenvalue weighted by Gasteiger charge is -2.11. The molecule has 0 aliphatic heterocycles. The predicted molar refractivity (Wildman–Crippen MR) is 93.4 cm³/mol. The maximum Gasteiger partial charge on any atom is 0.293 e. The summed E-state index contributed by atoms with van der Waals surface area (Å²) in [4.78, 5) is 17.4. The standard InChI is InChI=1S/C17H18FN5O3/c1-10-3-4-12(11(18)9-10)20-15-14-13(5-6-19-21-14)23(2)16(15)17(25)22-26-8-7-24/h3-6,9,20,24H,7-8H2,1-2H3,(H,22,25). The van der Waals surface area contributed by atoms with Crippen LogP contribution in [0.25, 0.3) is 11.0 Å². The Kier molecular flexibility index (Phi) is 5.10. The SMILES string of the molecule is Cc1ccc(Nc2c(C(=O)NOCCO)n(C)c3ccnnc23)c(F)c1. The molecular formula is C17H18FN5O3. The Morgan fingerprint density at radius 1 is 1.38 bits per heavy atom. The van der Waals surface area contributed by atoms with Gasteiger partial charge in [0, 0.05) is 7.05 Å². The number of hydrogen-bond donors (Lipinski definition) is 3. The van der Waals surface area contributed by atoms with Gasteiger partial charge in [-0.3, -0.25) is 9.63 Å². The summed E-state index contributed by atoms with van der Waals surface area (Å²) in [5.74, 6) is -1.01. The highest BCUT2D eigenvalue weighted by Crippen LogP contribution is 2.32. The van der Waals surface area contributed by atoms with E-state index in [4.69, 9.17) is 9.94 Å². The fourth-order valence-electron chi connectivity index (χ4n) is 2.63. The van der Waals surface area contributed by atoms with Crippen molar-refractivity contribution >= 4 is 28.3 Å². The van der Waals surface area contributed by atoms with Crippen molar-refractivity contribution in [3.8, 4) is 0 Å². The number of aryl methyl sites for hydroxylation is 2. The van der Waals surface area contributed by atoms with Crippen molar-refractivity contribution in [2.24, 2.45) is 7.05 Å². The molecule has 3 rings (SSSR count). The van der Waals surface area contributed by atoms with Crippen molar-refractivity contribution < 1.29 is 19.1 Å². The molecule has 26 heavy (non-hydrogen) atoms. The van der Waals surface area contributed by atoms with Crippen molar-refractivity contribution in [2.75, 3.05) is 18.5 Å². The zero-order valence-electron chi connectivity index (χ0n) is 14.3. The lowest BCUT2D eigenvalue weighted by molar-refractivity contribution is 0.0163. The van der Waals surface area contributed by atoms with Crippen LogP contribution in [0.15, 0.2) is 30.5 Å². The molecule has 3 aromatic rings. The molecule has 0 bridgehead atoms. The van der Waals surface area contributed by atoms with Gasteiger partial charge in [-0.1, -0.05) is 6.07 Å². The lowest BCUT2D eigenvalue weighted by atomic mass is 10.2. The summed E-state index contributed by atoms with van der Waals surface area (Å²) in [5, 5.41) is 19.6. The lowest BCUT2D eigenvalue weighted by Crippen LogP contribution is -2.27. The van der Waals surface area contributed by atoms with Crippen LogP contribution < -0.4 is 10.8 Å². The molecule has 2 aromatic heterocycles. The number of halogens is 1. The molecule has 0 atom stereocenters. The minimum atomic E-state index is -0.561. The number of fused-ring (bicyclic) bond motifs is 1. The van der Waals surface area contributed by atoms with Crippen molar-refractivity contribution in [1.29, 1.82) is 0 Å². The van der Waals surface area contributed by atoms with E-state index in [9.17, 15) is 9.18 Å². The number of nitrogens with zero attached hydrogens (tertiary/aromatic N) is 3. The molecule has 9 heteroatoms. The Bertz CT molecular complexity index is 957. The molecule has 0 spiro atoms. The zero-order valence-corrected chi connectivity index (χ0v) is 14.3. The fraction of sp³-hybridized carbons (Fsp3) is 0.235. The monoisotopic (exact) mass is 359 g/mol. The Morgan fingerprint density at radius 3 is 2.92 bits per heavy atom. The number of hydrogen-bond acceptors (Lipinski definition) is 6. The van der Waals surface area contributed by atoms with Gasteiger partial charge in [0.1, 0.15) is 17.0 Å². The van der Waals surface area contributed by atoms with Gasteiger partial charge in [-0.05, 0) is 30.7 Å². The highest BCUT2D eigenvalue weighted by Gasteiger charge is 2.23. The summed E-state index contributed by atoms with van der Waals surface area (Å²) < 4.78 is 15.9. The molecule has 0 fully saturated rings. The number of aliphatic hydroxyl groups is 1. The van der Waals surface area contributed by atoms with Gasteiger partial charge in [0.25, 0.3) is 5.91 Å². The summed E-state index contributed by atoms with van der Waals surface area (Å²) in [6.45, 7) is 1.50. The molecule has 2 heterocycles. The third-order valence-electron chi connectivity index (χ3n) is 3.83. The van der Waals surface area contributed by atoms with E-state index in [0.29, 0.717) is 16.7 Å². The number of benzene rings is 1. The van der Waals surface area contributed by atoms with Crippen LogP contribution in [-0.2, 0) is 11.9 Å². The van der Waals surface area contributed by atoms with E-state index in [2.05, 4.69) is 21.0 Å². The van der Waals surface area contributed by atoms with Crippen LogP contribution in [0.5, 0.6) is 0 Å². The highest BCUT2D eigenvalue weighted by atomic mass is 19.1. The zero-order chi connectivity index (χ0) is 18.7. The average Bonchev–Trinajstić information content (AvgIpc) is 2.90. The fourth-order valence-corrected chi connectivity index (χ4v) is 2.63. The van der Waals surface area contributed by atoms with Gasteiger partial charge in [0.2, 0.25) is 0 Å². The normalized spacial score (nSPS) is 10.9. The van der Waals surface area contributed by atoms with Gasteiger partial charge in [-0.25, -0.2) is 9.87 Å². The maximum atomic E-state index is 14.3. The van der Waals surface area contributed by atoms with Crippen molar-refractivity contribution in [3.63, 3.8) is 0 Å². The number of hydroxylamine groups is 1. The number of aliphatic hydroxyl groups excluding tert-OH is 1. The van der Waals surface area contributed by atoms with E-state index in [1.54, 1.807) is 36.7 Å². The Morgan fingerprint density at radius 2 is 2.19 bits per heavy atom. The van der Waals surface area contributed by atoms with E-state index in [1.165, 1.54) is 12.3 Å². The van der Waals surface area contributed by atoms with Gasteiger partial charge in [-0.2, -0.15) is 5.10 Å². The number of amides is 1. The van der Waals surface area contributed by atoms with Crippen LogP contribution in [-0.4, -0.2) is 39.0 Å². The number of nitrogens with one attached hydrogen (secondary N) is 2. The number of rotatable bonds is 6. The van der Waals surface area contributed by atoms with E-state index in [1.807, 2.05) is 0 Å². The smallest absolute Gasteiger partial charge is 0.293 e. The molecule has 136 valence electrons. The Hall–Kier alpha value is -3.04. The van der Waals surface area contributed by atoms with E-state index in [0.717, 1.165) is 5.56 Å². The van der Waals surface area contributed by atoms with Crippen LogP contribution in [0.3, 0.4) is 0 Å². The van der Waals surface area contributed by atoms with E-state index < -0.39 is 11.7 Å². The first-order valence-electron chi connectivity index (χ1n) is 7.89. The molecule has 0 saturated heterocycles. The third-order valence-corrected chi connectivity index (χ3v) is 3.83. The molecule has 0 aliphatic carbocycles. The molecular weight excluding hydrogens is 341 g/mol. The molecule has 0 aliphatic rings. The van der Waals surface area contributed by atoms with Crippen LogP contribution in [0, 0.1) is 12.7 Å². The van der Waals surface area contributed by atoms with Gasteiger partial charge in [0.15, 0.2) is 0 Å². The van der Waals surface area contributed by atoms with Gasteiger partial charge in [0.05, 0.1) is 36.3 Å². The van der Waals surface area contributed by atoms with Crippen LogP contribution in [0.1, 0.15) is 16.1 Å². The number of carbonyl (C=O) groups is 1. The first-order valence-corrected chi connectivity index (χ1v) is 7.89. The van der Waals surface area contributed by atoms with E-state index >= 15 is 0 Å². The molecule has 1 aromatic carbocycles. The number of carbonyl (C=O) groups excluding carboxylic acids is 1. The molecule has 0 saturated carbocycles. The minimum Gasteiger partial charge on any atom is -0.394 e. The largest absolute Gasteiger partial charge is 0.394 e. The van der Waals surface area contributed by atoms with Crippen LogP contribution in [0.2, 0.25) is 0 Å². The average molecular weight is 359 g/mol. The Labute approximate surface area is 148 Å². The molecule has 3 N–H and O–H groups in total. The summed E-state index contributed by atoms with van der Waals surface area (Å²) in [5.41, 5.74) is 4.80. The number of anilines is 2. The summed E-state index contributed by atoms with van der Waals surface area (Å²) in [7, 11) is 1.68. The summed E-state index contributed by atoms with van der Waals surface area (Å²) in [6.07, 6.45) is 1.50. The molecule has 0 radical (unpaired) electrons. The minimum absolute atomic E-state index is 0.0508. The second-order valence-electron chi connectivity index (χ2n) is 5.66. The third kappa shape index (κ3) is 3.35.